The number of amides is 1. The van der Waals surface area contributed by atoms with Crippen molar-refractivity contribution in [2.24, 2.45) is 0 Å². The predicted molar refractivity (Wildman–Crippen MR) is 129 cm³/mol. The van der Waals surface area contributed by atoms with Crippen molar-refractivity contribution in [3.8, 4) is 11.5 Å². The van der Waals surface area contributed by atoms with Crippen LogP contribution in [0.3, 0.4) is 0 Å². The number of nitrogens with zero attached hydrogens (tertiary/aromatic N) is 1. The normalized spacial score (nSPS) is 11.0. The first-order chi connectivity index (χ1) is 15.7. The van der Waals surface area contributed by atoms with Gasteiger partial charge in [-0.15, -0.1) is 0 Å². The lowest BCUT2D eigenvalue weighted by molar-refractivity contribution is 0.0773. The first-order valence-corrected chi connectivity index (χ1v) is 11.9. The van der Waals surface area contributed by atoms with Crippen LogP contribution in [0, 0.1) is 13.8 Å². The zero-order valence-electron chi connectivity index (χ0n) is 19.2. The van der Waals surface area contributed by atoms with E-state index in [1.165, 1.54) is 24.1 Å². The van der Waals surface area contributed by atoms with Gasteiger partial charge in [0.15, 0.2) is 0 Å². The maximum absolute atomic E-state index is 12.9. The van der Waals surface area contributed by atoms with Gasteiger partial charge in [-0.3, -0.25) is 9.52 Å². The number of hydrogen-bond donors (Lipinski definition) is 1. The molecule has 0 radical (unpaired) electrons. The molecule has 0 bridgehead atoms. The summed E-state index contributed by atoms with van der Waals surface area (Å²) >= 11 is 0. The van der Waals surface area contributed by atoms with E-state index in [2.05, 4.69) is 10.8 Å². The van der Waals surface area contributed by atoms with Crippen molar-refractivity contribution in [1.29, 1.82) is 0 Å². The summed E-state index contributed by atoms with van der Waals surface area (Å²) in [6.45, 7) is 4.67. The Morgan fingerprint density at radius 3 is 2.36 bits per heavy atom. The molecule has 0 saturated carbocycles. The maximum atomic E-state index is 12.9. The van der Waals surface area contributed by atoms with E-state index in [0.29, 0.717) is 24.6 Å². The minimum absolute atomic E-state index is 0.0147. The number of sulfonamides is 1. The quantitative estimate of drug-likeness (QED) is 0.507. The molecule has 0 aliphatic rings. The summed E-state index contributed by atoms with van der Waals surface area (Å²) < 4.78 is 39.3. The molecule has 7 nitrogen and oxygen atoms in total. The second-order valence-corrected chi connectivity index (χ2v) is 9.41. The Balaban J connectivity index is 1.68. The lowest BCUT2D eigenvalue weighted by Crippen LogP contribution is -2.31. The predicted octanol–water partition coefficient (Wildman–Crippen LogP) is 4.26. The number of ether oxygens (including phenoxy) is 2. The number of likely N-dealkylation sites (N-methyl/N-ethyl adjacent to an activating group) is 1. The molecule has 3 rings (SSSR count). The lowest BCUT2D eigenvalue weighted by Gasteiger charge is -2.18. The molecule has 3 aromatic carbocycles. The van der Waals surface area contributed by atoms with Gasteiger partial charge in [0.2, 0.25) is 0 Å². The number of anilines is 1. The summed E-state index contributed by atoms with van der Waals surface area (Å²) in [4.78, 5) is 14.4. The summed E-state index contributed by atoms with van der Waals surface area (Å²) in [6.07, 6.45) is 0. The van der Waals surface area contributed by atoms with Gasteiger partial charge in [0, 0.05) is 12.6 Å². The number of para-hydroxylation sites is 2. The zero-order chi connectivity index (χ0) is 24.0. The van der Waals surface area contributed by atoms with E-state index < -0.39 is 10.0 Å². The average molecular weight is 469 g/mol. The first kappa shape index (κ1) is 24.1. The van der Waals surface area contributed by atoms with Crippen LogP contribution in [0.4, 0.5) is 5.69 Å². The van der Waals surface area contributed by atoms with Crippen LogP contribution in [0.2, 0.25) is 0 Å². The van der Waals surface area contributed by atoms with E-state index in [4.69, 9.17) is 9.47 Å². The standard InChI is InChI=1S/C25H28N2O5S/c1-18-14-19(2)16-21(15-18)32-13-12-27(3)25(28)20-8-7-9-22(17-20)33(29,30)26-23-10-5-6-11-24(23)31-4/h5-11,14-17,26H,12-13H2,1-4H3. The highest BCUT2D eigenvalue weighted by atomic mass is 32.2. The monoisotopic (exact) mass is 468 g/mol. The summed E-state index contributed by atoms with van der Waals surface area (Å²) in [6, 6.07) is 18.6. The van der Waals surface area contributed by atoms with Gasteiger partial charge in [-0.1, -0.05) is 24.3 Å². The third kappa shape index (κ3) is 6.26. The minimum atomic E-state index is -3.91. The summed E-state index contributed by atoms with van der Waals surface area (Å²) in [7, 11) is -0.796. The van der Waals surface area contributed by atoms with Crippen molar-refractivity contribution in [1.82, 2.24) is 4.90 Å². The van der Waals surface area contributed by atoms with Gasteiger partial charge in [0.25, 0.3) is 15.9 Å². The Labute approximate surface area is 195 Å². The molecule has 1 amide bonds. The van der Waals surface area contributed by atoms with Crippen molar-refractivity contribution < 1.29 is 22.7 Å². The van der Waals surface area contributed by atoms with Crippen LogP contribution < -0.4 is 14.2 Å². The fourth-order valence-corrected chi connectivity index (χ4v) is 4.48. The molecule has 8 heteroatoms. The molecule has 0 aliphatic heterocycles. The van der Waals surface area contributed by atoms with Crippen LogP contribution in [0.1, 0.15) is 21.5 Å². The van der Waals surface area contributed by atoms with Crippen LogP contribution >= 0.6 is 0 Å². The highest BCUT2D eigenvalue weighted by molar-refractivity contribution is 7.92. The van der Waals surface area contributed by atoms with E-state index in [9.17, 15) is 13.2 Å². The van der Waals surface area contributed by atoms with Crippen molar-refractivity contribution in [2.45, 2.75) is 18.7 Å². The van der Waals surface area contributed by atoms with Crippen molar-refractivity contribution in [3.63, 3.8) is 0 Å². The number of carbonyl (C=O) groups is 1. The third-order valence-corrected chi connectivity index (χ3v) is 6.34. The number of aryl methyl sites for hydroxylation is 2. The van der Waals surface area contributed by atoms with Crippen LogP contribution in [0.25, 0.3) is 0 Å². The minimum Gasteiger partial charge on any atom is -0.495 e. The van der Waals surface area contributed by atoms with Crippen LogP contribution in [-0.4, -0.2) is 46.5 Å². The Bertz CT molecular complexity index is 1220. The van der Waals surface area contributed by atoms with Gasteiger partial charge in [-0.2, -0.15) is 0 Å². The smallest absolute Gasteiger partial charge is 0.262 e. The van der Waals surface area contributed by atoms with Gasteiger partial charge in [-0.25, -0.2) is 8.42 Å². The van der Waals surface area contributed by atoms with E-state index in [-0.39, 0.29) is 16.4 Å². The zero-order valence-corrected chi connectivity index (χ0v) is 20.0. The van der Waals surface area contributed by atoms with Crippen molar-refractivity contribution in [2.75, 3.05) is 32.0 Å². The Hall–Kier alpha value is -3.52. The Morgan fingerprint density at radius 1 is 0.970 bits per heavy atom. The molecule has 1 N–H and O–H groups in total. The fraction of sp³-hybridized carbons (Fsp3) is 0.240. The first-order valence-electron chi connectivity index (χ1n) is 10.4. The molecule has 3 aromatic rings. The second kappa shape index (κ2) is 10.4. The molecule has 0 unspecified atom stereocenters. The lowest BCUT2D eigenvalue weighted by atomic mass is 10.1. The topological polar surface area (TPSA) is 84.9 Å². The van der Waals surface area contributed by atoms with Gasteiger partial charge in [0.1, 0.15) is 18.1 Å². The Kier molecular flexibility index (Phi) is 7.60. The van der Waals surface area contributed by atoms with E-state index >= 15 is 0 Å². The molecule has 0 atom stereocenters. The van der Waals surface area contributed by atoms with Gasteiger partial charge >= 0.3 is 0 Å². The largest absolute Gasteiger partial charge is 0.495 e. The average Bonchev–Trinajstić information content (AvgIpc) is 2.78. The molecular weight excluding hydrogens is 440 g/mol. The second-order valence-electron chi connectivity index (χ2n) is 7.73. The molecule has 0 spiro atoms. The molecule has 0 saturated heterocycles. The highest BCUT2D eigenvalue weighted by Crippen LogP contribution is 2.26. The molecule has 0 aliphatic carbocycles. The summed E-state index contributed by atoms with van der Waals surface area (Å²) in [5, 5.41) is 0. The number of nitrogens with one attached hydrogen (secondary N) is 1. The number of methoxy groups -OCH3 is 1. The molecular formula is C25H28N2O5S. The van der Waals surface area contributed by atoms with E-state index in [0.717, 1.165) is 16.9 Å². The molecule has 0 aromatic heterocycles. The number of rotatable bonds is 9. The molecule has 0 fully saturated rings. The summed E-state index contributed by atoms with van der Waals surface area (Å²) in [5.74, 6) is 0.856. The summed E-state index contributed by atoms with van der Waals surface area (Å²) in [5.41, 5.74) is 2.80. The van der Waals surface area contributed by atoms with Crippen LogP contribution in [0.15, 0.2) is 71.6 Å². The van der Waals surface area contributed by atoms with Crippen LogP contribution in [-0.2, 0) is 10.0 Å². The molecule has 0 heterocycles. The number of benzene rings is 3. The molecule has 33 heavy (non-hydrogen) atoms. The SMILES string of the molecule is COc1ccccc1NS(=O)(=O)c1cccc(C(=O)N(C)CCOc2cc(C)cc(C)c2)c1. The van der Waals surface area contributed by atoms with Crippen molar-refractivity contribution >= 4 is 21.6 Å². The number of hydrogen-bond acceptors (Lipinski definition) is 5. The van der Waals surface area contributed by atoms with E-state index in [1.54, 1.807) is 43.4 Å². The van der Waals surface area contributed by atoms with Crippen LogP contribution in [0.5, 0.6) is 11.5 Å². The fourth-order valence-electron chi connectivity index (χ4n) is 3.37. The van der Waals surface area contributed by atoms with Crippen molar-refractivity contribution in [3.05, 3.63) is 83.4 Å². The van der Waals surface area contributed by atoms with Gasteiger partial charge in [-0.05, 0) is 67.4 Å². The Morgan fingerprint density at radius 2 is 1.67 bits per heavy atom. The van der Waals surface area contributed by atoms with Gasteiger partial charge < -0.3 is 14.4 Å². The van der Waals surface area contributed by atoms with E-state index in [1.807, 2.05) is 26.0 Å². The third-order valence-electron chi connectivity index (χ3n) is 4.98. The van der Waals surface area contributed by atoms with Gasteiger partial charge in [0.05, 0.1) is 24.2 Å². The molecule has 174 valence electrons. The maximum Gasteiger partial charge on any atom is 0.262 e. The highest BCUT2D eigenvalue weighted by Gasteiger charge is 2.19. The number of carbonyl (C=O) groups excluding carboxylic acids is 1.